The largest absolute Gasteiger partial charge is 0.371 e. The number of allylic oxidation sites excluding steroid dienone is 2. The van der Waals surface area contributed by atoms with Crippen molar-refractivity contribution in [3.05, 3.63) is 17.5 Å². The second-order valence-corrected chi connectivity index (χ2v) is 4.69. The van der Waals surface area contributed by atoms with Crippen LogP contribution in [-0.2, 0) is 14.1 Å². The molecule has 0 saturated carbocycles. The van der Waals surface area contributed by atoms with Crippen LogP contribution in [0.1, 0.15) is 32.9 Å². The van der Waals surface area contributed by atoms with E-state index in [1.165, 1.54) is 22.5 Å². The Hall–Kier alpha value is -1.25. The molecule has 1 rings (SSSR count). The number of rotatable bonds is 3. The Balaban J connectivity index is 3.47. The van der Waals surface area contributed by atoms with Gasteiger partial charge in [0.2, 0.25) is 6.20 Å². The molecule has 16 heavy (non-hydrogen) atoms. The van der Waals surface area contributed by atoms with Gasteiger partial charge in [-0.3, -0.25) is 0 Å². The fourth-order valence-electron chi connectivity index (χ4n) is 2.08. The fraction of sp³-hybridized carbons (Fsp3) is 0.615. The van der Waals surface area contributed by atoms with Gasteiger partial charge in [-0.05, 0) is 25.8 Å². The number of hydrogen-bond acceptors (Lipinski definition) is 1. The first-order chi connectivity index (χ1) is 7.40. The zero-order chi connectivity index (χ0) is 12.5. The summed E-state index contributed by atoms with van der Waals surface area (Å²) in [6.45, 7) is 6.59. The van der Waals surface area contributed by atoms with Crippen LogP contribution in [0.3, 0.4) is 0 Å². The summed E-state index contributed by atoms with van der Waals surface area (Å²) in [6, 6.07) is 0. The van der Waals surface area contributed by atoms with Crippen molar-refractivity contribution in [3.8, 4) is 0 Å². The summed E-state index contributed by atoms with van der Waals surface area (Å²) >= 11 is 0. The van der Waals surface area contributed by atoms with Gasteiger partial charge in [-0.15, -0.1) is 4.68 Å². The Morgan fingerprint density at radius 2 is 1.94 bits per heavy atom. The first kappa shape index (κ1) is 12.8. The lowest BCUT2D eigenvalue weighted by Gasteiger charge is -2.13. The van der Waals surface area contributed by atoms with Crippen molar-refractivity contribution in [2.75, 3.05) is 19.0 Å². The molecule has 1 aromatic heterocycles. The van der Waals surface area contributed by atoms with Crippen molar-refractivity contribution >= 4 is 11.3 Å². The highest BCUT2D eigenvalue weighted by Gasteiger charge is 2.21. The first-order valence-electron chi connectivity index (χ1n) is 5.79. The van der Waals surface area contributed by atoms with Crippen molar-refractivity contribution in [3.63, 3.8) is 0 Å². The predicted octanol–water partition coefficient (Wildman–Crippen LogP) is 2.12. The molecule has 0 aliphatic rings. The van der Waals surface area contributed by atoms with E-state index in [4.69, 9.17) is 0 Å². The number of hydrogen-bond donors (Lipinski definition) is 0. The Kier molecular flexibility index (Phi) is 3.79. The molecule has 0 aliphatic carbocycles. The summed E-state index contributed by atoms with van der Waals surface area (Å²) in [6.07, 6.45) is 3.24. The van der Waals surface area contributed by atoms with Gasteiger partial charge in [0.1, 0.15) is 11.4 Å². The van der Waals surface area contributed by atoms with E-state index >= 15 is 0 Å². The van der Waals surface area contributed by atoms with E-state index in [0.717, 1.165) is 6.42 Å². The lowest BCUT2D eigenvalue weighted by atomic mass is 10.0. The van der Waals surface area contributed by atoms with Crippen LogP contribution in [0.2, 0.25) is 0 Å². The Morgan fingerprint density at radius 1 is 1.38 bits per heavy atom. The van der Waals surface area contributed by atoms with E-state index in [1.54, 1.807) is 0 Å². The summed E-state index contributed by atoms with van der Waals surface area (Å²) in [4.78, 5) is 2.17. The molecular formula is C13H24N3+. The van der Waals surface area contributed by atoms with Crippen LogP contribution in [0, 0.1) is 0 Å². The maximum Gasteiger partial charge on any atom is 0.219 e. The van der Waals surface area contributed by atoms with Crippen LogP contribution in [0.4, 0.5) is 5.69 Å². The minimum absolute atomic E-state index is 1.07. The van der Waals surface area contributed by atoms with E-state index in [0.29, 0.717) is 0 Å². The molecule has 1 heterocycles. The highest BCUT2D eigenvalue weighted by atomic mass is 15.4. The monoisotopic (exact) mass is 222 g/mol. The molecule has 3 heteroatoms. The van der Waals surface area contributed by atoms with Gasteiger partial charge in [-0.2, -0.15) is 4.68 Å². The molecule has 3 nitrogen and oxygen atoms in total. The van der Waals surface area contributed by atoms with Gasteiger partial charge >= 0.3 is 0 Å². The molecule has 0 fully saturated rings. The smallest absolute Gasteiger partial charge is 0.219 e. The lowest BCUT2D eigenvalue weighted by Crippen LogP contribution is -2.37. The van der Waals surface area contributed by atoms with Crippen molar-refractivity contribution in [2.45, 2.75) is 27.2 Å². The van der Waals surface area contributed by atoms with Gasteiger partial charge < -0.3 is 4.90 Å². The topological polar surface area (TPSA) is 12.1 Å². The van der Waals surface area contributed by atoms with Gasteiger partial charge in [0.25, 0.3) is 0 Å². The van der Waals surface area contributed by atoms with E-state index in [9.17, 15) is 0 Å². The van der Waals surface area contributed by atoms with Crippen LogP contribution >= 0.6 is 0 Å². The predicted molar refractivity (Wildman–Crippen MR) is 69.5 cm³/mol. The molecule has 0 atom stereocenters. The summed E-state index contributed by atoms with van der Waals surface area (Å²) in [7, 11) is 8.38. The minimum Gasteiger partial charge on any atom is -0.371 e. The Morgan fingerprint density at radius 3 is 2.31 bits per heavy atom. The highest BCUT2D eigenvalue weighted by molar-refractivity contribution is 5.74. The molecular weight excluding hydrogens is 198 g/mol. The van der Waals surface area contributed by atoms with E-state index in [1.807, 2.05) is 0 Å². The Bertz CT molecular complexity index is 407. The normalized spacial score (nSPS) is 10.4. The number of aryl methyl sites for hydroxylation is 1. The van der Waals surface area contributed by atoms with Crippen molar-refractivity contribution in [1.82, 2.24) is 4.68 Å². The van der Waals surface area contributed by atoms with Gasteiger partial charge in [-0.25, -0.2) is 0 Å². The van der Waals surface area contributed by atoms with Gasteiger partial charge in [0.15, 0.2) is 7.05 Å². The van der Waals surface area contributed by atoms with Crippen LogP contribution in [-0.4, -0.2) is 18.8 Å². The van der Waals surface area contributed by atoms with Crippen LogP contribution in [0.25, 0.3) is 5.57 Å². The third-order valence-electron chi connectivity index (χ3n) is 3.07. The SMILES string of the molecule is CCC(=C(C)C)c1c(N(C)C)c[n+](C)n1C. The zero-order valence-corrected chi connectivity index (χ0v) is 11.6. The molecule has 0 aliphatic heterocycles. The standard InChI is InChI=1S/C13H24N3/c1-8-11(10(2)3)13-12(14(4)5)9-15(6)16(13)7/h9H,8H2,1-7H3/q+1. The van der Waals surface area contributed by atoms with Gasteiger partial charge in [0.05, 0.1) is 7.05 Å². The van der Waals surface area contributed by atoms with Gasteiger partial charge in [-0.1, -0.05) is 12.5 Å². The molecule has 0 aromatic carbocycles. The molecule has 90 valence electrons. The molecule has 0 amide bonds. The average Bonchev–Trinajstić information content (AvgIpc) is 2.47. The van der Waals surface area contributed by atoms with E-state index < -0.39 is 0 Å². The summed E-state index contributed by atoms with van der Waals surface area (Å²) in [5.41, 5.74) is 5.44. The van der Waals surface area contributed by atoms with Crippen molar-refractivity contribution in [2.24, 2.45) is 14.1 Å². The molecule has 0 unspecified atom stereocenters. The third-order valence-corrected chi connectivity index (χ3v) is 3.07. The van der Waals surface area contributed by atoms with Crippen LogP contribution in [0.5, 0.6) is 0 Å². The molecule has 0 N–H and O–H groups in total. The van der Waals surface area contributed by atoms with Gasteiger partial charge in [0, 0.05) is 14.1 Å². The second-order valence-electron chi connectivity index (χ2n) is 4.69. The number of nitrogens with zero attached hydrogens (tertiary/aromatic N) is 3. The third kappa shape index (κ3) is 2.13. The van der Waals surface area contributed by atoms with Crippen LogP contribution in [0.15, 0.2) is 11.8 Å². The molecule has 0 saturated heterocycles. The maximum atomic E-state index is 2.22. The average molecular weight is 222 g/mol. The zero-order valence-electron chi connectivity index (χ0n) is 11.6. The summed E-state index contributed by atoms with van der Waals surface area (Å²) < 4.78 is 4.34. The fourth-order valence-corrected chi connectivity index (χ4v) is 2.08. The summed E-state index contributed by atoms with van der Waals surface area (Å²) in [5, 5.41) is 0. The highest BCUT2D eigenvalue weighted by Crippen LogP contribution is 2.28. The summed E-state index contributed by atoms with van der Waals surface area (Å²) in [5.74, 6) is 0. The molecule has 0 bridgehead atoms. The Labute approximate surface area is 99.0 Å². The van der Waals surface area contributed by atoms with E-state index in [2.05, 4.69) is 69.4 Å². The number of aromatic nitrogens is 2. The molecule has 0 radical (unpaired) electrons. The first-order valence-corrected chi connectivity index (χ1v) is 5.79. The minimum atomic E-state index is 1.07. The second kappa shape index (κ2) is 4.73. The van der Waals surface area contributed by atoms with Crippen molar-refractivity contribution in [1.29, 1.82) is 0 Å². The maximum absolute atomic E-state index is 2.22. The lowest BCUT2D eigenvalue weighted by molar-refractivity contribution is -0.751. The van der Waals surface area contributed by atoms with E-state index in [-0.39, 0.29) is 0 Å². The quantitative estimate of drug-likeness (QED) is 0.713. The molecule has 0 spiro atoms. The molecule has 1 aromatic rings. The van der Waals surface area contributed by atoms with Crippen molar-refractivity contribution < 1.29 is 4.68 Å². The van der Waals surface area contributed by atoms with Crippen LogP contribution < -0.4 is 9.58 Å². The number of anilines is 1.